The molecule has 0 aliphatic rings. The van der Waals surface area contributed by atoms with Crippen LogP contribution in [-0.2, 0) is 4.74 Å². The number of nitrogens with zero attached hydrogens (tertiary/aromatic N) is 2. The average molecular weight is 325 g/mol. The van der Waals surface area contributed by atoms with Gasteiger partial charge in [-0.2, -0.15) is 4.98 Å². The molecule has 0 atom stereocenters. The third-order valence-corrected chi connectivity index (χ3v) is 3.15. The zero-order valence-corrected chi connectivity index (χ0v) is 13.2. The molecule has 22 heavy (non-hydrogen) atoms. The number of nitrogens with one attached hydrogen (secondary N) is 2. The fraction of sp³-hybridized carbons (Fsp3) is 0.333. The second-order valence-corrected chi connectivity index (χ2v) is 5.15. The molecule has 1 aromatic heterocycles. The second kappa shape index (κ2) is 7.91. The Morgan fingerprint density at radius 3 is 2.82 bits per heavy atom. The topological polar surface area (TPSA) is 59.1 Å². The van der Waals surface area contributed by atoms with Gasteiger partial charge in [-0.25, -0.2) is 9.37 Å². The molecule has 2 rings (SSSR count). The molecule has 0 fully saturated rings. The molecule has 1 heterocycles. The summed E-state index contributed by atoms with van der Waals surface area (Å²) < 4.78 is 18.2. The van der Waals surface area contributed by atoms with E-state index in [1.165, 1.54) is 12.1 Å². The number of halogens is 2. The van der Waals surface area contributed by atoms with Crippen molar-refractivity contribution in [1.29, 1.82) is 0 Å². The van der Waals surface area contributed by atoms with E-state index in [1.807, 2.05) is 13.0 Å². The van der Waals surface area contributed by atoms with Crippen LogP contribution in [0.25, 0.3) is 0 Å². The Bertz CT molecular complexity index is 639. The summed E-state index contributed by atoms with van der Waals surface area (Å²) in [5.74, 6) is 0.689. The van der Waals surface area contributed by atoms with Crippen molar-refractivity contribution in [1.82, 2.24) is 9.97 Å². The van der Waals surface area contributed by atoms with Crippen LogP contribution in [0.5, 0.6) is 0 Å². The maximum atomic E-state index is 13.2. The third kappa shape index (κ3) is 4.82. The molecule has 2 aromatic rings. The zero-order valence-electron chi connectivity index (χ0n) is 12.5. The van der Waals surface area contributed by atoms with Gasteiger partial charge in [-0.15, -0.1) is 0 Å². The van der Waals surface area contributed by atoms with Gasteiger partial charge in [-0.3, -0.25) is 0 Å². The molecule has 5 nitrogen and oxygen atoms in total. The molecule has 7 heteroatoms. The van der Waals surface area contributed by atoms with E-state index < -0.39 is 5.82 Å². The summed E-state index contributed by atoms with van der Waals surface area (Å²) >= 11 is 5.76. The van der Waals surface area contributed by atoms with Crippen LogP contribution in [-0.4, -0.2) is 30.2 Å². The first-order valence-corrected chi connectivity index (χ1v) is 7.27. The van der Waals surface area contributed by atoms with Gasteiger partial charge in [0.1, 0.15) is 11.6 Å². The summed E-state index contributed by atoms with van der Waals surface area (Å²) in [5.41, 5.74) is 1.45. The predicted octanol–water partition coefficient (Wildman–Crippen LogP) is 3.77. The summed E-state index contributed by atoms with van der Waals surface area (Å²) in [6, 6.07) is 6.23. The monoisotopic (exact) mass is 324 g/mol. The van der Waals surface area contributed by atoms with Crippen LogP contribution in [0.4, 0.5) is 21.8 Å². The van der Waals surface area contributed by atoms with Crippen LogP contribution in [0, 0.1) is 12.7 Å². The van der Waals surface area contributed by atoms with Gasteiger partial charge in [0, 0.05) is 37.7 Å². The molecular formula is C15H18ClFN4O. The molecule has 1 aromatic carbocycles. The first-order chi connectivity index (χ1) is 10.6. The minimum atomic E-state index is -0.460. The van der Waals surface area contributed by atoms with Crippen molar-refractivity contribution >= 4 is 29.1 Å². The second-order valence-electron chi connectivity index (χ2n) is 4.75. The lowest BCUT2D eigenvalue weighted by molar-refractivity contribution is 0.198. The van der Waals surface area contributed by atoms with Crippen LogP contribution in [0.15, 0.2) is 24.3 Å². The summed E-state index contributed by atoms with van der Waals surface area (Å²) in [6.07, 6.45) is 0.885. The highest BCUT2D eigenvalue weighted by Gasteiger charge is 2.05. The first-order valence-electron chi connectivity index (χ1n) is 6.89. The molecule has 0 aliphatic heterocycles. The lowest BCUT2D eigenvalue weighted by atomic mass is 10.3. The Morgan fingerprint density at radius 2 is 2.09 bits per heavy atom. The van der Waals surface area contributed by atoms with Crippen molar-refractivity contribution < 1.29 is 9.13 Å². The summed E-state index contributed by atoms with van der Waals surface area (Å²) in [5, 5.41) is 6.28. The summed E-state index contributed by atoms with van der Waals surface area (Å²) in [7, 11) is 1.67. The first kappa shape index (κ1) is 16.5. The number of hydrogen-bond acceptors (Lipinski definition) is 5. The van der Waals surface area contributed by atoms with Crippen LogP contribution in [0.1, 0.15) is 12.1 Å². The van der Waals surface area contributed by atoms with Gasteiger partial charge < -0.3 is 15.4 Å². The number of benzene rings is 1. The molecule has 0 spiro atoms. The number of rotatable bonds is 7. The van der Waals surface area contributed by atoms with E-state index in [-0.39, 0.29) is 5.02 Å². The fourth-order valence-electron chi connectivity index (χ4n) is 1.85. The molecule has 0 bridgehead atoms. The van der Waals surface area contributed by atoms with Crippen molar-refractivity contribution in [2.75, 3.05) is 30.9 Å². The van der Waals surface area contributed by atoms with E-state index in [4.69, 9.17) is 16.3 Å². The molecule has 0 radical (unpaired) electrons. The number of aromatic nitrogens is 2. The van der Waals surface area contributed by atoms with Crippen LogP contribution in [0.3, 0.4) is 0 Å². The van der Waals surface area contributed by atoms with Gasteiger partial charge in [-0.05, 0) is 31.5 Å². The van der Waals surface area contributed by atoms with E-state index in [0.29, 0.717) is 18.2 Å². The number of anilines is 3. The number of hydrogen-bond donors (Lipinski definition) is 2. The molecule has 0 saturated carbocycles. The Labute approximate surface area is 133 Å². The molecule has 0 aliphatic carbocycles. The lowest BCUT2D eigenvalue weighted by Crippen LogP contribution is -2.08. The molecule has 118 valence electrons. The van der Waals surface area contributed by atoms with Crippen LogP contribution < -0.4 is 10.6 Å². The normalized spacial score (nSPS) is 10.5. The number of aryl methyl sites for hydroxylation is 1. The summed E-state index contributed by atoms with van der Waals surface area (Å²) in [4.78, 5) is 8.67. The molecular weight excluding hydrogens is 307 g/mol. The SMILES string of the molecule is COCCCNc1cc(C)nc(Nc2ccc(F)c(Cl)c2)n1. The highest BCUT2D eigenvalue weighted by molar-refractivity contribution is 6.31. The van der Waals surface area contributed by atoms with E-state index in [9.17, 15) is 4.39 Å². The molecule has 0 amide bonds. The zero-order chi connectivity index (χ0) is 15.9. The van der Waals surface area contributed by atoms with E-state index >= 15 is 0 Å². The highest BCUT2D eigenvalue weighted by atomic mass is 35.5. The van der Waals surface area contributed by atoms with E-state index in [1.54, 1.807) is 13.2 Å². The quantitative estimate of drug-likeness (QED) is 0.759. The van der Waals surface area contributed by atoms with Gasteiger partial charge in [0.05, 0.1) is 5.02 Å². The van der Waals surface area contributed by atoms with Gasteiger partial charge >= 0.3 is 0 Å². The van der Waals surface area contributed by atoms with Gasteiger partial charge in [0.15, 0.2) is 0 Å². The third-order valence-electron chi connectivity index (χ3n) is 2.86. The Hall–Kier alpha value is -1.92. The fourth-order valence-corrected chi connectivity index (χ4v) is 2.03. The highest BCUT2D eigenvalue weighted by Crippen LogP contribution is 2.22. The van der Waals surface area contributed by atoms with Crippen molar-refractivity contribution in [2.45, 2.75) is 13.3 Å². The molecule has 2 N–H and O–H groups in total. The maximum absolute atomic E-state index is 13.2. The minimum Gasteiger partial charge on any atom is -0.385 e. The maximum Gasteiger partial charge on any atom is 0.229 e. The molecule has 0 saturated heterocycles. The number of methoxy groups -OCH3 is 1. The van der Waals surface area contributed by atoms with Crippen molar-refractivity contribution in [2.24, 2.45) is 0 Å². The Morgan fingerprint density at radius 1 is 1.27 bits per heavy atom. The standard InChI is InChI=1S/C15H18ClFN4O/c1-10-8-14(18-6-3-7-22-2)21-15(19-10)20-11-4-5-13(17)12(16)9-11/h4-5,8-9H,3,6-7H2,1-2H3,(H2,18,19,20,21). The predicted molar refractivity (Wildman–Crippen MR) is 86.4 cm³/mol. The van der Waals surface area contributed by atoms with Gasteiger partial charge in [0.25, 0.3) is 0 Å². The smallest absolute Gasteiger partial charge is 0.229 e. The van der Waals surface area contributed by atoms with Crippen LogP contribution >= 0.6 is 11.6 Å². The lowest BCUT2D eigenvalue weighted by Gasteiger charge is -2.10. The average Bonchev–Trinajstić information content (AvgIpc) is 2.47. The Kier molecular flexibility index (Phi) is 5.91. The largest absolute Gasteiger partial charge is 0.385 e. The van der Waals surface area contributed by atoms with Crippen molar-refractivity contribution in [3.05, 3.63) is 40.8 Å². The molecule has 0 unspecified atom stereocenters. The summed E-state index contributed by atoms with van der Waals surface area (Å²) in [6.45, 7) is 3.33. The van der Waals surface area contributed by atoms with E-state index in [2.05, 4.69) is 20.6 Å². The van der Waals surface area contributed by atoms with Gasteiger partial charge in [0.2, 0.25) is 5.95 Å². The van der Waals surface area contributed by atoms with Crippen LogP contribution in [0.2, 0.25) is 5.02 Å². The Balaban J connectivity index is 2.06. The van der Waals surface area contributed by atoms with Crippen molar-refractivity contribution in [3.63, 3.8) is 0 Å². The van der Waals surface area contributed by atoms with Crippen molar-refractivity contribution in [3.8, 4) is 0 Å². The number of ether oxygens (including phenoxy) is 1. The van der Waals surface area contributed by atoms with E-state index in [0.717, 1.165) is 24.5 Å². The van der Waals surface area contributed by atoms with Gasteiger partial charge in [-0.1, -0.05) is 11.6 Å². The minimum absolute atomic E-state index is 0.0515.